The molecule has 1 aliphatic heterocycles. The summed E-state index contributed by atoms with van der Waals surface area (Å²) in [5.74, 6) is 0.672. The van der Waals surface area contributed by atoms with Gasteiger partial charge >= 0.3 is 0 Å². The topological polar surface area (TPSA) is 53.6 Å². The van der Waals surface area contributed by atoms with Gasteiger partial charge in [-0.25, -0.2) is 0 Å². The van der Waals surface area contributed by atoms with E-state index < -0.39 is 0 Å². The first-order valence-electron chi connectivity index (χ1n) is 7.64. The molecular weight excluding hydrogens is 260 g/mol. The standard InChI is InChI=1S/C17H18N4/c18-9-13-3-1-2-4-14(13)11-21-16-7-8-19-10-15(16)17(20-21)12-5-6-12/h1-4,12,19H,5-8,10-11H2. The highest BCUT2D eigenvalue weighted by Crippen LogP contribution is 2.42. The van der Waals surface area contributed by atoms with E-state index in [0.717, 1.165) is 30.6 Å². The molecule has 0 radical (unpaired) electrons. The summed E-state index contributed by atoms with van der Waals surface area (Å²) < 4.78 is 2.14. The summed E-state index contributed by atoms with van der Waals surface area (Å²) in [5.41, 5.74) is 5.89. The summed E-state index contributed by atoms with van der Waals surface area (Å²) in [5, 5.41) is 17.6. The Morgan fingerprint density at radius 2 is 2.19 bits per heavy atom. The van der Waals surface area contributed by atoms with E-state index in [4.69, 9.17) is 5.10 Å². The number of hydrogen-bond acceptors (Lipinski definition) is 3. The SMILES string of the molecule is N#Cc1ccccc1Cn1nc(C2CC2)c2c1CCNC2. The molecule has 1 aliphatic carbocycles. The molecule has 1 saturated carbocycles. The van der Waals surface area contributed by atoms with E-state index in [1.165, 1.54) is 29.8 Å². The van der Waals surface area contributed by atoms with Crippen LogP contribution < -0.4 is 5.32 Å². The van der Waals surface area contributed by atoms with Crippen LogP contribution in [0.3, 0.4) is 0 Å². The molecular formula is C17H18N4. The average molecular weight is 278 g/mol. The van der Waals surface area contributed by atoms with E-state index in [9.17, 15) is 5.26 Å². The summed E-state index contributed by atoms with van der Waals surface area (Å²) in [7, 11) is 0. The van der Waals surface area contributed by atoms with Gasteiger partial charge in [0.25, 0.3) is 0 Å². The molecule has 0 saturated heterocycles. The fourth-order valence-electron chi connectivity index (χ4n) is 3.19. The minimum absolute atomic E-state index is 0.672. The molecule has 1 fully saturated rings. The highest BCUT2D eigenvalue weighted by molar-refractivity contribution is 5.39. The Hall–Kier alpha value is -2.12. The van der Waals surface area contributed by atoms with Crippen LogP contribution in [0.2, 0.25) is 0 Å². The van der Waals surface area contributed by atoms with E-state index in [0.29, 0.717) is 12.5 Å². The van der Waals surface area contributed by atoms with Gasteiger partial charge in [0.2, 0.25) is 0 Å². The molecule has 0 spiro atoms. The smallest absolute Gasteiger partial charge is 0.0995 e. The lowest BCUT2D eigenvalue weighted by Crippen LogP contribution is -2.25. The molecule has 4 nitrogen and oxygen atoms in total. The third-order valence-corrected chi connectivity index (χ3v) is 4.46. The second-order valence-electron chi connectivity index (χ2n) is 5.94. The van der Waals surface area contributed by atoms with Crippen LogP contribution in [0.15, 0.2) is 24.3 Å². The van der Waals surface area contributed by atoms with E-state index >= 15 is 0 Å². The van der Waals surface area contributed by atoms with Crippen LogP contribution in [-0.2, 0) is 19.5 Å². The predicted molar refractivity (Wildman–Crippen MR) is 79.9 cm³/mol. The number of aromatic nitrogens is 2. The minimum atomic E-state index is 0.672. The molecule has 2 aliphatic rings. The summed E-state index contributed by atoms with van der Waals surface area (Å²) in [6.07, 6.45) is 3.58. The van der Waals surface area contributed by atoms with Gasteiger partial charge in [0.15, 0.2) is 0 Å². The van der Waals surface area contributed by atoms with Crippen molar-refractivity contribution in [2.24, 2.45) is 0 Å². The average Bonchev–Trinajstić information content (AvgIpc) is 3.31. The molecule has 4 heteroatoms. The monoisotopic (exact) mass is 278 g/mol. The minimum Gasteiger partial charge on any atom is -0.312 e. The number of hydrogen-bond donors (Lipinski definition) is 1. The number of benzene rings is 1. The fourth-order valence-corrected chi connectivity index (χ4v) is 3.19. The first kappa shape index (κ1) is 12.6. The number of rotatable bonds is 3. The Balaban J connectivity index is 1.73. The lowest BCUT2D eigenvalue weighted by Gasteiger charge is -2.16. The van der Waals surface area contributed by atoms with Crippen molar-refractivity contribution >= 4 is 0 Å². The van der Waals surface area contributed by atoms with Crippen LogP contribution in [0.25, 0.3) is 0 Å². The van der Waals surface area contributed by atoms with Crippen LogP contribution in [-0.4, -0.2) is 16.3 Å². The van der Waals surface area contributed by atoms with Crippen LogP contribution in [0, 0.1) is 11.3 Å². The zero-order valence-electron chi connectivity index (χ0n) is 12.0. The fraction of sp³-hybridized carbons (Fsp3) is 0.412. The van der Waals surface area contributed by atoms with Crippen molar-refractivity contribution in [1.82, 2.24) is 15.1 Å². The second kappa shape index (κ2) is 5.01. The maximum absolute atomic E-state index is 9.25. The van der Waals surface area contributed by atoms with Gasteiger partial charge in [-0.2, -0.15) is 10.4 Å². The molecule has 1 aromatic heterocycles. The molecule has 0 atom stereocenters. The van der Waals surface area contributed by atoms with Crippen molar-refractivity contribution in [3.05, 3.63) is 52.3 Å². The Bertz CT molecular complexity index is 719. The van der Waals surface area contributed by atoms with Crippen LogP contribution in [0.1, 0.15) is 46.8 Å². The van der Waals surface area contributed by atoms with Gasteiger partial charge in [-0.05, 0) is 24.5 Å². The van der Waals surface area contributed by atoms with Gasteiger partial charge in [-0.1, -0.05) is 18.2 Å². The number of nitrogens with one attached hydrogen (secondary N) is 1. The maximum Gasteiger partial charge on any atom is 0.0995 e. The number of nitrogens with zero attached hydrogens (tertiary/aromatic N) is 3. The third kappa shape index (κ3) is 2.24. The first-order chi connectivity index (χ1) is 10.4. The zero-order chi connectivity index (χ0) is 14.2. The predicted octanol–water partition coefficient (Wildman–Crippen LogP) is 2.33. The molecule has 21 heavy (non-hydrogen) atoms. The van der Waals surface area contributed by atoms with Gasteiger partial charge in [0, 0.05) is 36.7 Å². The number of fused-ring (bicyclic) bond motifs is 1. The Labute approximate surface area is 124 Å². The molecule has 2 heterocycles. The Morgan fingerprint density at radius 3 is 3.00 bits per heavy atom. The summed E-state index contributed by atoms with van der Waals surface area (Å²) >= 11 is 0. The lowest BCUT2D eigenvalue weighted by molar-refractivity contribution is 0.582. The highest BCUT2D eigenvalue weighted by atomic mass is 15.3. The second-order valence-corrected chi connectivity index (χ2v) is 5.94. The van der Waals surface area contributed by atoms with Crippen molar-refractivity contribution in [2.75, 3.05) is 6.54 Å². The third-order valence-electron chi connectivity index (χ3n) is 4.46. The van der Waals surface area contributed by atoms with Gasteiger partial charge in [0.05, 0.1) is 23.9 Å². The van der Waals surface area contributed by atoms with Crippen molar-refractivity contribution in [2.45, 2.75) is 38.3 Å². The summed E-state index contributed by atoms with van der Waals surface area (Å²) in [6.45, 7) is 2.67. The molecule has 1 aromatic carbocycles. The van der Waals surface area contributed by atoms with Gasteiger partial charge in [0.1, 0.15) is 0 Å². The lowest BCUT2D eigenvalue weighted by atomic mass is 10.0. The molecule has 4 rings (SSSR count). The Morgan fingerprint density at radius 1 is 1.33 bits per heavy atom. The maximum atomic E-state index is 9.25. The van der Waals surface area contributed by atoms with E-state index in [2.05, 4.69) is 16.1 Å². The molecule has 0 amide bonds. The van der Waals surface area contributed by atoms with Crippen LogP contribution in [0.5, 0.6) is 0 Å². The van der Waals surface area contributed by atoms with Gasteiger partial charge < -0.3 is 5.32 Å². The summed E-state index contributed by atoms with van der Waals surface area (Å²) in [6, 6.07) is 10.1. The summed E-state index contributed by atoms with van der Waals surface area (Å²) in [4.78, 5) is 0. The zero-order valence-corrected chi connectivity index (χ0v) is 12.0. The van der Waals surface area contributed by atoms with E-state index in [-0.39, 0.29) is 0 Å². The molecule has 106 valence electrons. The molecule has 0 bridgehead atoms. The highest BCUT2D eigenvalue weighted by Gasteiger charge is 2.32. The molecule has 1 N–H and O–H groups in total. The van der Waals surface area contributed by atoms with Crippen molar-refractivity contribution in [1.29, 1.82) is 5.26 Å². The normalized spacial score (nSPS) is 17.3. The van der Waals surface area contributed by atoms with Crippen molar-refractivity contribution in [3.8, 4) is 6.07 Å². The quantitative estimate of drug-likeness (QED) is 0.937. The van der Waals surface area contributed by atoms with Gasteiger partial charge in [-0.15, -0.1) is 0 Å². The first-order valence-corrected chi connectivity index (χ1v) is 7.64. The molecule has 0 unspecified atom stereocenters. The van der Waals surface area contributed by atoms with Crippen molar-refractivity contribution < 1.29 is 0 Å². The number of nitriles is 1. The van der Waals surface area contributed by atoms with Crippen LogP contribution >= 0.6 is 0 Å². The molecule has 2 aromatic rings. The Kier molecular flexibility index (Phi) is 3.01. The van der Waals surface area contributed by atoms with E-state index in [1.807, 2.05) is 24.3 Å². The van der Waals surface area contributed by atoms with E-state index in [1.54, 1.807) is 0 Å². The van der Waals surface area contributed by atoms with Crippen LogP contribution in [0.4, 0.5) is 0 Å². The van der Waals surface area contributed by atoms with Gasteiger partial charge in [-0.3, -0.25) is 4.68 Å². The van der Waals surface area contributed by atoms with Crippen molar-refractivity contribution in [3.63, 3.8) is 0 Å². The largest absolute Gasteiger partial charge is 0.312 e.